The first-order chi connectivity index (χ1) is 44.8. The van der Waals surface area contributed by atoms with E-state index in [0.717, 1.165) is 26.0 Å². The Morgan fingerprint density at radius 1 is 0.500 bits per heavy atom. The quantitative estimate of drug-likeness (QED) is 0.0215. The number of phenols is 2. The summed E-state index contributed by atoms with van der Waals surface area (Å²) in [6, 6.07) is 16.4. The molecule has 518 valence electrons. The van der Waals surface area contributed by atoms with Gasteiger partial charge in [-0.15, -0.1) is 0 Å². The molecule has 0 aliphatic carbocycles. The molecule has 0 spiro atoms. The summed E-state index contributed by atoms with van der Waals surface area (Å²) in [4.78, 5) is 67.5. The Hall–Kier alpha value is -6.95. The van der Waals surface area contributed by atoms with Crippen LogP contribution in [0.1, 0.15) is 35.3 Å². The third-order valence-corrected chi connectivity index (χ3v) is 15.5. The number of hydrogen-bond acceptors (Lipinski definition) is 34. The first-order valence-electron chi connectivity index (χ1n) is 29.1. The molecule has 94 heavy (non-hydrogen) atoms. The maximum absolute atomic E-state index is 14.3. The minimum absolute atomic E-state index is 0.00624. The largest absolute Gasteiger partial charge is 0.508 e. The number of benzene rings is 3. The van der Waals surface area contributed by atoms with E-state index in [4.69, 9.17) is 71.1 Å². The van der Waals surface area contributed by atoms with Crippen molar-refractivity contribution in [3.8, 4) is 17.2 Å². The van der Waals surface area contributed by atoms with Crippen molar-refractivity contribution in [1.82, 2.24) is 0 Å². The van der Waals surface area contributed by atoms with Gasteiger partial charge >= 0.3 is 29.8 Å². The van der Waals surface area contributed by atoms with E-state index < -0.39 is 216 Å². The topological polar surface area (TPSA) is 507 Å². The van der Waals surface area contributed by atoms with Gasteiger partial charge in [0.1, 0.15) is 129 Å². The molecule has 8 rings (SSSR count). The smallest absolute Gasteiger partial charge is 0.338 e. The van der Waals surface area contributed by atoms with Crippen LogP contribution in [0.5, 0.6) is 17.2 Å². The lowest BCUT2D eigenvalue weighted by molar-refractivity contribution is -0.423. The van der Waals surface area contributed by atoms with E-state index in [-0.39, 0.29) is 28.4 Å². The van der Waals surface area contributed by atoms with Crippen LogP contribution >= 0.6 is 0 Å². The molecular weight excluding hydrogens is 1260 g/mol. The predicted molar refractivity (Wildman–Crippen MR) is 304 cm³/mol. The molecule has 5 aliphatic rings. The van der Waals surface area contributed by atoms with Crippen LogP contribution < -0.4 is 4.74 Å². The Kier molecular flexibility index (Phi) is 25.3. The SMILES string of the molecule is COc1cc(/C=C/C(=O)OC[C@@]2(O[C@H]3O[C@H](COC(C)=O)[C@@H](OC(=O)/C=C/c4ccc(O)cc4)[C@H](O[C@@H]4O[C@H](COC(C)=O)[C@@H](O[C@@H]5O[C@H](CO)[C@@H](O)[C@H](O)[C@H]5O)[C@H](O)[C@H]4O)[C@H]3O[C@@H]3O[C@H](CO)[C@@H](O)[C@H](O)[C@H]3O)O[C@H](CO)[C@@H](O)[C@@H]2OC(=O)c2ccccc2)ccc1O. The summed E-state index contributed by atoms with van der Waals surface area (Å²) >= 11 is 0. The van der Waals surface area contributed by atoms with E-state index in [1.165, 1.54) is 86.0 Å². The van der Waals surface area contributed by atoms with Gasteiger partial charge in [-0.2, -0.15) is 0 Å². The highest BCUT2D eigenvalue weighted by Crippen LogP contribution is 2.43. The summed E-state index contributed by atoms with van der Waals surface area (Å²) in [6.45, 7) is -4.45. The van der Waals surface area contributed by atoms with Crippen molar-refractivity contribution < 1.29 is 167 Å². The van der Waals surface area contributed by atoms with Crippen molar-refractivity contribution in [3.63, 3.8) is 0 Å². The van der Waals surface area contributed by atoms with Crippen molar-refractivity contribution in [2.75, 3.05) is 46.8 Å². The van der Waals surface area contributed by atoms with Gasteiger partial charge in [0.2, 0.25) is 5.79 Å². The Morgan fingerprint density at radius 2 is 1.00 bits per heavy atom. The van der Waals surface area contributed by atoms with E-state index in [1.54, 1.807) is 6.07 Å². The van der Waals surface area contributed by atoms with E-state index in [0.29, 0.717) is 5.56 Å². The van der Waals surface area contributed by atoms with Gasteiger partial charge in [0, 0.05) is 26.0 Å². The lowest BCUT2D eigenvalue weighted by Gasteiger charge is -2.51. The predicted octanol–water partition coefficient (Wildman–Crippen LogP) is -4.97. The highest BCUT2D eigenvalue weighted by Gasteiger charge is 2.64. The molecule has 3 aromatic rings. The third kappa shape index (κ3) is 17.4. The number of rotatable bonds is 25. The summed E-state index contributed by atoms with van der Waals surface area (Å²) in [5, 5.41) is 153. The summed E-state index contributed by atoms with van der Waals surface area (Å²) in [5.41, 5.74) is 0.417. The highest BCUT2D eigenvalue weighted by atomic mass is 16.8. The zero-order valence-electron chi connectivity index (χ0n) is 50.2. The number of aliphatic hydroxyl groups excluding tert-OH is 12. The molecule has 5 fully saturated rings. The number of esters is 5. The van der Waals surface area contributed by atoms with E-state index in [2.05, 4.69) is 0 Å². The number of carbonyl (C=O) groups is 5. The molecule has 5 heterocycles. The molecule has 0 aromatic heterocycles. The molecule has 5 aliphatic heterocycles. The van der Waals surface area contributed by atoms with E-state index in [9.17, 15) is 95.5 Å². The first-order valence-corrected chi connectivity index (χ1v) is 29.1. The van der Waals surface area contributed by atoms with Gasteiger partial charge in [0.05, 0.1) is 32.5 Å². The lowest BCUT2D eigenvalue weighted by Crippen LogP contribution is -2.69. The van der Waals surface area contributed by atoms with E-state index >= 15 is 0 Å². The van der Waals surface area contributed by atoms with Crippen LogP contribution in [0.25, 0.3) is 12.2 Å². The fourth-order valence-corrected chi connectivity index (χ4v) is 10.5. The molecule has 34 nitrogen and oxygen atoms in total. The Bertz CT molecular complexity index is 3060. The summed E-state index contributed by atoms with van der Waals surface area (Å²) in [7, 11) is 1.27. The molecular formula is C60H74O34. The maximum atomic E-state index is 14.3. The summed E-state index contributed by atoms with van der Waals surface area (Å²) in [6.07, 6.45) is -45.3. The average Bonchev–Trinajstić information content (AvgIpc) is 1.38. The zero-order chi connectivity index (χ0) is 68.3. The molecule has 5 saturated heterocycles. The van der Waals surface area contributed by atoms with Crippen LogP contribution in [-0.2, 0) is 85.5 Å². The molecule has 0 saturated carbocycles. The number of methoxy groups -OCH3 is 1. The minimum Gasteiger partial charge on any atom is -0.508 e. The van der Waals surface area contributed by atoms with Crippen molar-refractivity contribution in [1.29, 1.82) is 0 Å². The number of hydrogen-bond donors (Lipinski definition) is 14. The van der Waals surface area contributed by atoms with Crippen LogP contribution in [0.3, 0.4) is 0 Å². The Morgan fingerprint density at radius 3 is 1.56 bits per heavy atom. The number of ether oxygens (including phenoxy) is 15. The van der Waals surface area contributed by atoms with Gasteiger partial charge in [-0.25, -0.2) is 14.4 Å². The zero-order valence-corrected chi connectivity index (χ0v) is 50.2. The van der Waals surface area contributed by atoms with Crippen LogP contribution in [0, 0.1) is 0 Å². The fraction of sp³-hybridized carbons (Fsp3) is 0.550. The van der Waals surface area contributed by atoms with Crippen molar-refractivity contribution in [2.45, 2.75) is 161 Å². The van der Waals surface area contributed by atoms with Crippen LogP contribution in [0.4, 0.5) is 0 Å². The number of aromatic hydroxyl groups is 2. The molecule has 24 atom stereocenters. The van der Waals surface area contributed by atoms with Gasteiger partial charge in [0.15, 0.2) is 48.9 Å². The monoisotopic (exact) mass is 1340 g/mol. The summed E-state index contributed by atoms with van der Waals surface area (Å²) in [5.74, 6) is -9.14. The number of carbonyl (C=O) groups excluding carboxylic acids is 5. The first kappa shape index (κ1) is 72.9. The van der Waals surface area contributed by atoms with Crippen molar-refractivity contribution in [2.24, 2.45) is 0 Å². The average molecular weight is 1340 g/mol. The molecule has 0 unspecified atom stereocenters. The lowest BCUT2D eigenvalue weighted by atomic mass is 9.95. The molecule has 0 radical (unpaired) electrons. The molecule has 0 amide bonds. The Balaban J connectivity index is 1.28. The maximum Gasteiger partial charge on any atom is 0.338 e. The van der Waals surface area contributed by atoms with E-state index in [1.807, 2.05) is 0 Å². The van der Waals surface area contributed by atoms with Crippen LogP contribution in [-0.4, -0.2) is 295 Å². The molecule has 3 aromatic carbocycles. The second-order valence-electron chi connectivity index (χ2n) is 22.0. The normalized spacial score (nSPS) is 36.0. The molecule has 14 N–H and O–H groups in total. The number of phenolic OH excluding ortho intramolecular Hbond substituents is 2. The van der Waals surface area contributed by atoms with Gasteiger partial charge in [-0.05, 0) is 59.7 Å². The third-order valence-electron chi connectivity index (χ3n) is 15.5. The Labute approximate surface area is 533 Å². The summed E-state index contributed by atoms with van der Waals surface area (Å²) < 4.78 is 88.9. The highest BCUT2D eigenvalue weighted by molar-refractivity contribution is 5.90. The van der Waals surface area contributed by atoms with Crippen molar-refractivity contribution >= 4 is 42.0 Å². The molecule has 0 bridgehead atoms. The van der Waals surface area contributed by atoms with Crippen LogP contribution in [0.2, 0.25) is 0 Å². The molecule has 34 heteroatoms. The van der Waals surface area contributed by atoms with Crippen LogP contribution in [0.15, 0.2) is 84.9 Å². The van der Waals surface area contributed by atoms with Crippen molar-refractivity contribution in [3.05, 3.63) is 102 Å². The fourth-order valence-electron chi connectivity index (χ4n) is 10.5. The number of aliphatic hydroxyl groups is 12. The van der Waals surface area contributed by atoms with Gasteiger partial charge in [-0.3, -0.25) is 9.59 Å². The van der Waals surface area contributed by atoms with Gasteiger partial charge in [-0.1, -0.05) is 36.4 Å². The van der Waals surface area contributed by atoms with Gasteiger partial charge < -0.3 is 143 Å². The minimum atomic E-state index is -3.02. The standard InChI is InChI=1S/C60H74O34/c1-26(64)81-23-37-50(89-56-47(76)44(73)41(70)34(20-61)84-56)46(75)49(78)58(86-37)90-52-51(88-40(69)18-12-28-9-14-31(66)15-10-28)38(24-82-27(2)65)87-59(53(52)91-57-48(77)45(74)42(71)35(21-62)85-57)94-60(25-83-39(68)17-13-29-11-16-32(67)33(19-29)80-3)54(43(72)36(22-63)93-60)92-55(79)30-7-5-4-6-8-30/h4-19,34-38,41-54,56-59,61-63,66-67,70-78H,20-25H2,1-3H3/b17-13+,18-12+/t34-,35-,36-,37-,38-,41-,42-,43-,44+,45+,46-,47-,48-,49-,50-,51-,52+,53-,54+,56+,57+,58+,59-,60+/m1/s1. The second-order valence-corrected chi connectivity index (χ2v) is 22.0. The van der Waals surface area contributed by atoms with Gasteiger partial charge in [0.25, 0.3) is 0 Å². The second kappa shape index (κ2) is 32.7.